The second-order valence-electron chi connectivity index (χ2n) is 5.82. The average Bonchev–Trinajstić information content (AvgIpc) is 2.49. The van der Waals surface area contributed by atoms with Crippen molar-refractivity contribution in [3.05, 3.63) is 35.6 Å². The Balaban J connectivity index is 1.86. The molecule has 1 aromatic rings. The molecule has 0 saturated carbocycles. The first-order valence-corrected chi connectivity index (χ1v) is 7.50. The lowest BCUT2D eigenvalue weighted by molar-refractivity contribution is -0.132. The van der Waals surface area contributed by atoms with Gasteiger partial charge in [-0.1, -0.05) is 18.2 Å². The number of carbonyl (C=O) groups is 1. The summed E-state index contributed by atoms with van der Waals surface area (Å²) < 4.78 is 13.6. The number of piperidine rings is 1. The minimum Gasteiger partial charge on any atom is -0.340 e. The van der Waals surface area contributed by atoms with Gasteiger partial charge < -0.3 is 10.6 Å². The second kappa shape index (κ2) is 7.52. The molecule has 0 spiro atoms. The molecule has 1 aliphatic rings. The predicted octanol–water partition coefficient (Wildman–Crippen LogP) is 1.45. The van der Waals surface area contributed by atoms with Crippen LogP contribution in [0, 0.1) is 11.7 Å². The number of hydrogen-bond donors (Lipinski definition) is 1. The van der Waals surface area contributed by atoms with Crippen LogP contribution in [0.1, 0.15) is 18.4 Å². The van der Waals surface area contributed by atoms with Gasteiger partial charge in [-0.05, 0) is 37.9 Å². The van der Waals surface area contributed by atoms with E-state index in [0.717, 1.165) is 25.9 Å². The lowest BCUT2D eigenvalue weighted by atomic mass is 9.98. The summed E-state index contributed by atoms with van der Waals surface area (Å²) >= 11 is 0. The summed E-state index contributed by atoms with van der Waals surface area (Å²) in [5.74, 6) is 0.248. The lowest BCUT2D eigenvalue weighted by Crippen LogP contribution is -2.44. The van der Waals surface area contributed by atoms with Crippen molar-refractivity contribution in [2.75, 3.05) is 33.2 Å². The van der Waals surface area contributed by atoms with Crippen LogP contribution in [0.4, 0.5) is 4.39 Å². The minimum absolute atomic E-state index is 0.0240. The zero-order valence-corrected chi connectivity index (χ0v) is 12.6. The summed E-state index contributed by atoms with van der Waals surface area (Å²) in [7, 11) is 1.72. The summed E-state index contributed by atoms with van der Waals surface area (Å²) in [5, 5.41) is 0. The highest BCUT2D eigenvalue weighted by Crippen LogP contribution is 2.15. The van der Waals surface area contributed by atoms with Crippen molar-refractivity contribution in [1.82, 2.24) is 9.80 Å². The minimum atomic E-state index is -0.265. The molecule has 1 unspecified atom stereocenters. The summed E-state index contributed by atoms with van der Waals surface area (Å²) in [6.45, 7) is 3.20. The number of carbonyl (C=O) groups excluding carboxylic acids is 1. The van der Waals surface area contributed by atoms with Crippen LogP contribution in [0.25, 0.3) is 0 Å². The first-order valence-electron chi connectivity index (χ1n) is 7.50. The van der Waals surface area contributed by atoms with Gasteiger partial charge in [0.2, 0.25) is 5.91 Å². The van der Waals surface area contributed by atoms with Gasteiger partial charge in [0.15, 0.2) is 0 Å². The van der Waals surface area contributed by atoms with Gasteiger partial charge in [-0.15, -0.1) is 0 Å². The number of likely N-dealkylation sites (tertiary alicyclic amines) is 1. The van der Waals surface area contributed by atoms with Crippen molar-refractivity contribution in [2.24, 2.45) is 11.7 Å². The van der Waals surface area contributed by atoms with Crippen molar-refractivity contribution in [1.29, 1.82) is 0 Å². The second-order valence-corrected chi connectivity index (χ2v) is 5.82. The maximum absolute atomic E-state index is 13.6. The molecule has 1 atom stereocenters. The van der Waals surface area contributed by atoms with E-state index in [-0.39, 0.29) is 11.7 Å². The summed E-state index contributed by atoms with van der Waals surface area (Å²) in [6, 6.07) is 6.57. The van der Waals surface area contributed by atoms with Crippen molar-refractivity contribution in [3.63, 3.8) is 0 Å². The molecule has 1 aromatic carbocycles. The molecule has 1 amide bonds. The monoisotopic (exact) mass is 293 g/mol. The molecule has 5 heteroatoms. The molecule has 0 aromatic heterocycles. The molecule has 0 aliphatic carbocycles. The fourth-order valence-corrected chi connectivity index (χ4v) is 2.77. The van der Waals surface area contributed by atoms with Crippen LogP contribution in [0.5, 0.6) is 0 Å². The maximum Gasteiger partial charge on any atom is 0.236 e. The topological polar surface area (TPSA) is 49.6 Å². The van der Waals surface area contributed by atoms with Gasteiger partial charge in [0, 0.05) is 25.7 Å². The molecule has 4 nitrogen and oxygen atoms in total. The van der Waals surface area contributed by atoms with Crippen LogP contribution in [-0.2, 0) is 11.3 Å². The van der Waals surface area contributed by atoms with Gasteiger partial charge in [0.25, 0.3) is 0 Å². The Kier molecular flexibility index (Phi) is 5.70. The van der Waals surface area contributed by atoms with E-state index in [1.54, 1.807) is 30.1 Å². The normalized spacial score (nSPS) is 19.5. The molecule has 1 fully saturated rings. The fourth-order valence-electron chi connectivity index (χ4n) is 2.77. The number of benzene rings is 1. The van der Waals surface area contributed by atoms with Gasteiger partial charge in [0.1, 0.15) is 5.82 Å². The summed E-state index contributed by atoms with van der Waals surface area (Å²) in [4.78, 5) is 16.0. The van der Waals surface area contributed by atoms with Gasteiger partial charge in [-0.2, -0.15) is 0 Å². The Morgan fingerprint density at radius 3 is 2.95 bits per heavy atom. The molecule has 1 saturated heterocycles. The van der Waals surface area contributed by atoms with E-state index in [4.69, 9.17) is 5.73 Å². The van der Waals surface area contributed by atoms with E-state index in [9.17, 15) is 9.18 Å². The summed E-state index contributed by atoms with van der Waals surface area (Å²) in [5.41, 5.74) is 6.26. The Bertz CT molecular complexity index is 480. The van der Waals surface area contributed by atoms with Gasteiger partial charge in [-0.25, -0.2) is 4.39 Å². The van der Waals surface area contributed by atoms with Crippen molar-refractivity contribution < 1.29 is 9.18 Å². The highest BCUT2D eigenvalue weighted by atomic mass is 19.1. The largest absolute Gasteiger partial charge is 0.340 e. The number of amides is 1. The van der Waals surface area contributed by atoms with Gasteiger partial charge in [0.05, 0.1) is 6.54 Å². The first-order chi connectivity index (χ1) is 10.1. The third-order valence-electron chi connectivity index (χ3n) is 4.09. The number of rotatable bonds is 5. The molecule has 0 bridgehead atoms. The molecular weight excluding hydrogens is 269 g/mol. The molecule has 2 rings (SSSR count). The van der Waals surface area contributed by atoms with E-state index < -0.39 is 0 Å². The quantitative estimate of drug-likeness (QED) is 0.894. The molecule has 0 radical (unpaired) electrons. The first kappa shape index (κ1) is 15.9. The molecule has 1 heterocycles. The van der Waals surface area contributed by atoms with E-state index in [1.807, 2.05) is 0 Å². The van der Waals surface area contributed by atoms with Crippen LogP contribution in [0.15, 0.2) is 24.3 Å². The van der Waals surface area contributed by atoms with Crippen LogP contribution in [0.3, 0.4) is 0 Å². The Morgan fingerprint density at radius 1 is 1.48 bits per heavy atom. The summed E-state index contributed by atoms with van der Waals surface area (Å²) in [6.07, 6.45) is 2.23. The smallest absolute Gasteiger partial charge is 0.236 e. The SMILES string of the molecule is CN(Cc1ccccc1F)C(=O)CN1CCCC(CN)C1. The van der Waals surface area contributed by atoms with Gasteiger partial charge >= 0.3 is 0 Å². The number of halogens is 1. The highest BCUT2D eigenvalue weighted by molar-refractivity contribution is 5.78. The maximum atomic E-state index is 13.6. The Morgan fingerprint density at radius 2 is 2.24 bits per heavy atom. The van der Waals surface area contributed by atoms with Crippen LogP contribution in [0.2, 0.25) is 0 Å². The van der Waals surface area contributed by atoms with E-state index in [1.165, 1.54) is 6.07 Å². The third-order valence-corrected chi connectivity index (χ3v) is 4.09. The Labute approximate surface area is 125 Å². The number of hydrogen-bond acceptors (Lipinski definition) is 3. The standard InChI is InChI=1S/C16H24FN3O/c1-19(11-14-6-2-3-7-15(14)17)16(21)12-20-8-4-5-13(9-18)10-20/h2-3,6-7,13H,4-5,8-12,18H2,1H3. The highest BCUT2D eigenvalue weighted by Gasteiger charge is 2.22. The fraction of sp³-hybridized carbons (Fsp3) is 0.562. The van der Waals surface area contributed by atoms with Crippen molar-refractivity contribution in [2.45, 2.75) is 19.4 Å². The molecule has 116 valence electrons. The third kappa shape index (κ3) is 4.51. The zero-order chi connectivity index (χ0) is 15.2. The van der Waals surface area contributed by atoms with E-state index in [2.05, 4.69) is 4.90 Å². The predicted molar refractivity (Wildman–Crippen MR) is 81.1 cm³/mol. The van der Waals surface area contributed by atoms with Crippen LogP contribution >= 0.6 is 0 Å². The molecule has 1 aliphatic heterocycles. The number of nitrogens with zero attached hydrogens (tertiary/aromatic N) is 2. The van der Waals surface area contributed by atoms with Crippen LogP contribution < -0.4 is 5.73 Å². The van der Waals surface area contributed by atoms with E-state index in [0.29, 0.717) is 31.1 Å². The Hall–Kier alpha value is -1.46. The van der Waals surface area contributed by atoms with Gasteiger partial charge in [-0.3, -0.25) is 9.69 Å². The van der Waals surface area contributed by atoms with E-state index >= 15 is 0 Å². The zero-order valence-electron chi connectivity index (χ0n) is 12.6. The molecular formula is C16H24FN3O. The average molecular weight is 293 g/mol. The number of likely N-dealkylation sites (N-methyl/N-ethyl adjacent to an activating group) is 1. The number of nitrogens with two attached hydrogens (primary N) is 1. The van der Waals surface area contributed by atoms with Crippen molar-refractivity contribution >= 4 is 5.91 Å². The molecule has 21 heavy (non-hydrogen) atoms. The lowest BCUT2D eigenvalue weighted by Gasteiger charge is -2.32. The van der Waals surface area contributed by atoms with Crippen molar-refractivity contribution in [3.8, 4) is 0 Å². The van der Waals surface area contributed by atoms with Crippen LogP contribution in [-0.4, -0.2) is 48.9 Å². The molecule has 2 N–H and O–H groups in total.